The number of urea groups is 1. The van der Waals surface area contributed by atoms with Crippen LogP contribution in [0.4, 0.5) is 4.79 Å². The van der Waals surface area contributed by atoms with Crippen LogP contribution in [0.1, 0.15) is 39.0 Å². The molecule has 2 aliphatic carbocycles. The first-order chi connectivity index (χ1) is 9.10. The second-order valence-electron chi connectivity index (χ2n) is 6.37. The molecule has 0 aromatic heterocycles. The highest BCUT2D eigenvalue weighted by Gasteiger charge is 2.38. The molecule has 0 spiro atoms. The zero-order chi connectivity index (χ0) is 13.8. The average Bonchev–Trinajstić information content (AvgIpc) is 3.00. The molecule has 19 heavy (non-hydrogen) atoms. The Kier molecular flexibility index (Phi) is 4.68. The Hall–Kier alpha value is -1.24. The zero-order valence-corrected chi connectivity index (χ0v) is 12.1. The summed E-state index contributed by atoms with van der Waals surface area (Å²) < 4.78 is 0. The average molecular weight is 263 g/mol. The van der Waals surface area contributed by atoms with E-state index >= 15 is 0 Å². The molecule has 0 aromatic rings. The van der Waals surface area contributed by atoms with E-state index in [0.717, 1.165) is 30.7 Å². The van der Waals surface area contributed by atoms with Gasteiger partial charge in [0.25, 0.3) is 0 Å². The predicted octanol–water partition coefficient (Wildman–Crippen LogP) is 2.61. The SMILES string of the molecule is C[C@@H](C#N)CN(C)C(=O)NCC[C@@H]1C[C@H]2CC[C@H]1C2. The number of nitrogens with one attached hydrogen (secondary N) is 1. The largest absolute Gasteiger partial charge is 0.338 e. The maximum Gasteiger partial charge on any atom is 0.317 e. The van der Waals surface area contributed by atoms with Crippen molar-refractivity contribution in [1.82, 2.24) is 10.2 Å². The van der Waals surface area contributed by atoms with E-state index in [1.165, 1.54) is 25.7 Å². The minimum Gasteiger partial charge on any atom is -0.338 e. The highest BCUT2D eigenvalue weighted by atomic mass is 16.2. The van der Waals surface area contributed by atoms with E-state index in [-0.39, 0.29) is 11.9 Å². The van der Waals surface area contributed by atoms with Crippen molar-refractivity contribution in [2.75, 3.05) is 20.1 Å². The molecule has 0 heterocycles. The minimum absolute atomic E-state index is 0.0507. The minimum atomic E-state index is -0.110. The Labute approximate surface area is 116 Å². The van der Waals surface area contributed by atoms with E-state index in [1.807, 2.05) is 6.92 Å². The highest BCUT2D eigenvalue weighted by molar-refractivity contribution is 5.73. The number of carbonyl (C=O) groups is 1. The number of rotatable bonds is 5. The highest BCUT2D eigenvalue weighted by Crippen LogP contribution is 2.49. The molecule has 4 heteroatoms. The number of carbonyl (C=O) groups excluding carboxylic acids is 1. The van der Waals surface area contributed by atoms with E-state index in [4.69, 9.17) is 5.26 Å². The van der Waals surface area contributed by atoms with Gasteiger partial charge in [-0.15, -0.1) is 0 Å². The Morgan fingerprint density at radius 2 is 2.26 bits per heavy atom. The Morgan fingerprint density at radius 1 is 1.47 bits per heavy atom. The lowest BCUT2D eigenvalue weighted by molar-refractivity contribution is 0.203. The van der Waals surface area contributed by atoms with Crippen LogP contribution in [0, 0.1) is 35.0 Å². The summed E-state index contributed by atoms with van der Waals surface area (Å²) in [6.07, 6.45) is 6.76. The van der Waals surface area contributed by atoms with Gasteiger partial charge < -0.3 is 10.2 Å². The van der Waals surface area contributed by atoms with Crippen LogP contribution < -0.4 is 5.32 Å². The van der Waals surface area contributed by atoms with E-state index in [1.54, 1.807) is 11.9 Å². The van der Waals surface area contributed by atoms with Crippen molar-refractivity contribution in [3.8, 4) is 6.07 Å². The maximum atomic E-state index is 11.8. The normalized spacial score (nSPS) is 29.8. The lowest BCUT2D eigenvalue weighted by Crippen LogP contribution is -2.40. The van der Waals surface area contributed by atoms with Crippen LogP contribution in [-0.2, 0) is 0 Å². The first kappa shape index (κ1) is 14.2. The Balaban J connectivity index is 1.63. The van der Waals surface area contributed by atoms with E-state index in [0.29, 0.717) is 6.54 Å². The summed E-state index contributed by atoms with van der Waals surface area (Å²) in [5.74, 6) is 2.63. The summed E-state index contributed by atoms with van der Waals surface area (Å²) >= 11 is 0. The monoisotopic (exact) mass is 263 g/mol. The van der Waals surface area contributed by atoms with Crippen LogP contribution >= 0.6 is 0 Å². The summed E-state index contributed by atoms with van der Waals surface area (Å²) in [6.45, 7) is 3.10. The van der Waals surface area contributed by atoms with Crippen LogP contribution in [0.2, 0.25) is 0 Å². The number of hydrogen-bond acceptors (Lipinski definition) is 2. The number of fused-ring (bicyclic) bond motifs is 2. The third-order valence-corrected chi connectivity index (χ3v) is 4.79. The van der Waals surface area contributed by atoms with Gasteiger partial charge in [-0.3, -0.25) is 0 Å². The van der Waals surface area contributed by atoms with Gasteiger partial charge in [0.05, 0.1) is 12.0 Å². The number of amides is 2. The van der Waals surface area contributed by atoms with Crippen molar-refractivity contribution in [3.63, 3.8) is 0 Å². The van der Waals surface area contributed by atoms with E-state index in [9.17, 15) is 4.79 Å². The Morgan fingerprint density at radius 3 is 2.84 bits per heavy atom. The van der Waals surface area contributed by atoms with Crippen LogP contribution in [0.25, 0.3) is 0 Å². The molecule has 1 N–H and O–H groups in total. The summed E-state index contributed by atoms with van der Waals surface area (Å²) in [4.78, 5) is 13.4. The first-order valence-electron chi connectivity index (χ1n) is 7.48. The van der Waals surface area contributed by atoms with Gasteiger partial charge in [-0.05, 0) is 50.4 Å². The molecule has 2 amide bonds. The van der Waals surface area contributed by atoms with Crippen molar-refractivity contribution in [1.29, 1.82) is 5.26 Å². The molecule has 2 fully saturated rings. The van der Waals surface area contributed by atoms with Gasteiger partial charge in [-0.2, -0.15) is 5.26 Å². The van der Waals surface area contributed by atoms with Crippen molar-refractivity contribution >= 4 is 6.03 Å². The molecule has 0 aliphatic heterocycles. The summed E-state index contributed by atoms with van der Waals surface area (Å²) in [5, 5.41) is 11.7. The molecule has 2 aliphatic rings. The van der Waals surface area contributed by atoms with E-state index in [2.05, 4.69) is 11.4 Å². The van der Waals surface area contributed by atoms with Gasteiger partial charge in [0, 0.05) is 20.1 Å². The molecule has 2 rings (SSSR count). The maximum absolute atomic E-state index is 11.8. The number of nitriles is 1. The molecule has 0 saturated heterocycles. The van der Waals surface area contributed by atoms with Crippen molar-refractivity contribution in [2.45, 2.75) is 39.0 Å². The molecular formula is C15H25N3O. The lowest BCUT2D eigenvalue weighted by Gasteiger charge is -2.23. The molecule has 0 unspecified atom stereocenters. The molecule has 0 radical (unpaired) electrons. The topological polar surface area (TPSA) is 56.1 Å². The quantitative estimate of drug-likeness (QED) is 0.829. The number of nitrogens with zero attached hydrogens (tertiary/aromatic N) is 2. The van der Waals surface area contributed by atoms with Crippen molar-refractivity contribution < 1.29 is 4.79 Å². The van der Waals surface area contributed by atoms with Gasteiger partial charge in [0.2, 0.25) is 0 Å². The van der Waals surface area contributed by atoms with Crippen molar-refractivity contribution in [3.05, 3.63) is 0 Å². The van der Waals surface area contributed by atoms with Gasteiger partial charge in [-0.1, -0.05) is 6.42 Å². The predicted molar refractivity (Wildman–Crippen MR) is 74.4 cm³/mol. The summed E-state index contributed by atoms with van der Waals surface area (Å²) in [5.41, 5.74) is 0. The fraction of sp³-hybridized carbons (Fsp3) is 0.867. The zero-order valence-electron chi connectivity index (χ0n) is 12.1. The fourth-order valence-electron chi connectivity index (χ4n) is 3.76. The first-order valence-corrected chi connectivity index (χ1v) is 7.48. The van der Waals surface area contributed by atoms with Crippen LogP contribution in [-0.4, -0.2) is 31.1 Å². The second-order valence-corrected chi connectivity index (χ2v) is 6.37. The summed E-state index contributed by atoms with van der Waals surface area (Å²) in [6, 6.07) is 2.10. The van der Waals surface area contributed by atoms with Crippen LogP contribution in [0.3, 0.4) is 0 Å². The molecule has 106 valence electrons. The third-order valence-electron chi connectivity index (χ3n) is 4.79. The lowest BCUT2D eigenvalue weighted by atomic mass is 9.86. The summed E-state index contributed by atoms with van der Waals surface area (Å²) in [7, 11) is 1.75. The molecule has 4 nitrogen and oxygen atoms in total. The smallest absolute Gasteiger partial charge is 0.317 e. The van der Waals surface area contributed by atoms with Crippen LogP contribution in [0.15, 0.2) is 0 Å². The van der Waals surface area contributed by atoms with Gasteiger partial charge in [-0.25, -0.2) is 4.79 Å². The molecule has 2 bridgehead atoms. The molecule has 4 atom stereocenters. The Bertz CT molecular complexity index is 363. The standard InChI is InChI=1S/C15H25N3O/c1-11(9-16)10-18(2)15(19)17-6-5-14-8-12-3-4-13(14)7-12/h11-14H,3-8,10H2,1-2H3,(H,17,19)/t11-,12-,13-,14+/m0/s1. The second kappa shape index (κ2) is 6.27. The van der Waals surface area contributed by atoms with Gasteiger partial charge >= 0.3 is 6.03 Å². The fourth-order valence-corrected chi connectivity index (χ4v) is 3.76. The van der Waals surface area contributed by atoms with Crippen LogP contribution in [0.5, 0.6) is 0 Å². The van der Waals surface area contributed by atoms with Gasteiger partial charge in [0.15, 0.2) is 0 Å². The van der Waals surface area contributed by atoms with Crippen molar-refractivity contribution in [2.24, 2.45) is 23.7 Å². The van der Waals surface area contributed by atoms with E-state index < -0.39 is 0 Å². The third kappa shape index (κ3) is 3.62. The molecule has 0 aromatic carbocycles. The number of hydrogen-bond donors (Lipinski definition) is 1. The van der Waals surface area contributed by atoms with Gasteiger partial charge in [0.1, 0.15) is 0 Å². The molecule has 2 saturated carbocycles. The molecular weight excluding hydrogens is 238 g/mol.